The summed E-state index contributed by atoms with van der Waals surface area (Å²) in [7, 11) is 0. The predicted octanol–water partition coefficient (Wildman–Crippen LogP) is 1.62. The molecule has 1 rings (SSSR count). The molecule has 1 heterocycles. The number of aromatic nitrogens is 1. The molecule has 76 valence electrons. The van der Waals surface area contributed by atoms with E-state index in [-0.39, 0.29) is 12.6 Å². The molecule has 0 aromatic carbocycles. The molecule has 1 aromatic rings. The molecule has 1 aromatic heterocycles. The number of hydrogen-bond acceptors (Lipinski definition) is 3. The molecule has 0 saturated heterocycles. The van der Waals surface area contributed by atoms with Gasteiger partial charge in [0.05, 0.1) is 0 Å². The lowest BCUT2D eigenvalue weighted by Crippen LogP contribution is -2.07. The van der Waals surface area contributed by atoms with Gasteiger partial charge in [-0.05, 0) is 5.56 Å². The standard InChI is InChI=1S/C10H13FN2O/c1-2-9(12)8-3-4-10(13-7-8)14-6-5-11/h2-4,7,9H,1,5-6,12H2. The van der Waals surface area contributed by atoms with Crippen LogP contribution in [-0.2, 0) is 0 Å². The first-order chi connectivity index (χ1) is 6.77. The minimum atomic E-state index is -0.518. The maximum absolute atomic E-state index is 11.8. The first kappa shape index (κ1) is 10.7. The quantitative estimate of drug-likeness (QED) is 0.728. The first-order valence-electron chi connectivity index (χ1n) is 4.30. The zero-order valence-electron chi connectivity index (χ0n) is 7.82. The summed E-state index contributed by atoms with van der Waals surface area (Å²) in [6.07, 6.45) is 3.22. The molecule has 1 unspecified atom stereocenters. The monoisotopic (exact) mass is 196 g/mol. The van der Waals surface area contributed by atoms with Crippen molar-refractivity contribution in [3.05, 3.63) is 36.5 Å². The Balaban J connectivity index is 2.63. The average molecular weight is 196 g/mol. The summed E-state index contributed by atoms with van der Waals surface area (Å²) in [6, 6.07) is 3.22. The summed E-state index contributed by atoms with van der Waals surface area (Å²) in [6.45, 7) is 3.08. The number of nitrogens with two attached hydrogens (primary N) is 1. The Labute approximate surface area is 82.4 Å². The van der Waals surface area contributed by atoms with Gasteiger partial charge in [-0.3, -0.25) is 0 Å². The van der Waals surface area contributed by atoms with E-state index in [0.717, 1.165) is 5.56 Å². The van der Waals surface area contributed by atoms with Crippen LogP contribution in [0.5, 0.6) is 5.88 Å². The van der Waals surface area contributed by atoms with E-state index in [9.17, 15) is 4.39 Å². The maximum Gasteiger partial charge on any atom is 0.213 e. The van der Waals surface area contributed by atoms with Crippen molar-refractivity contribution in [3.8, 4) is 5.88 Å². The van der Waals surface area contributed by atoms with E-state index in [4.69, 9.17) is 10.5 Å². The van der Waals surface area contributed by atoms with Crippen LogP contribution in [0.15, 0.2) is 31.0 Å². The van der Waals surface area contributed by atoms with E-state index < -0.39 is 6.67 Å². The van der Waals surface area contributed by atoms with Crippen molar-refractivity contribution in [2.75, 3.05) is 13.3 Å². The number of halogens is 1. The van der Waals surface area contributed by atoms with Crippen LogP contribution < -0.4 is 10.5 Å². The van der Waals surface area contributed by atoms with Gasteiger partial charge in [-0.25, -0.2) is 9.37 Å². The highest BCUT2D eigenvalue weighted by Crippen LogP contribution is 2.13. The normalized spacial score (nSPS) is 12.1. The van der Waals surface area contributed by atoms with Crippen LogP contribution in [0.25, 0.3) is 0 Å². The molecule has 0 saturated carbocycles. The predicted molar refractivity (Wildman–Crippen MR) is 52.8 cm³/mol. The molecule has 0 amide bonds. The minimum absolute atomic E-state index is 0.0276. The summed E-state index contributed by atoms with van der Waals surface area (Å²) < 4.78 is 16.7. The highest BCUT2D eigenvalue weighted by Gasteiger charge is 2.01. The van der Waals surface area contributed by atoms with E-state index in [1.54, 1.807) is 24.4 Å². The van der Waals surface area contributed by atoms with E-state index in [1.807, 2.05) is 0 Å². The van der Waals surface area contributed by atoms with Gasteiger partial charge in [0.25, 0.3) is 0 Å². The van der Waals surface area contributed by atoms with Crippen LogP contribution in [0.3, 0.4) is 0 Å². The molecule has 14 heavy (non-hydrogen) atoms. The number of hydrogen-bond donors (Lipinski definition) is 1. The van der Waals surface area contributed by atoms with Crippen LogP contribution in [-0.4, -0.2) is 18.3 Å². The van der Waals surface area contributed by atoms with Crippen molar-refractivity contribution >= 4 is 0 Å². The molecule has 0 aliphatic heterocycles. The first-order valence-corrected chi connectivity index (χ1v) is 4.30. The van der Waals surface area contributed by atoms with Gasteiger partial charge in [0, 0.05) is 18.3 Å². The van der Waals surface area contributed by atoms with Crippen LogP contribution in [0.2, 0.25) is 0 Å². The van der Waals surface area contributed by atoms with E-state index in [2.05, 4.69) is 11.6 Å². The fourth-order valence-electron chi connectivity index (χ4n) is 0.954. The molecule has 0 bridgehead atoms. The average Bonchev–Trinajstić information content (AvgIpc) is 2.26. The molecule has 1 atom stereocenters. The van der Waals surface area contributed by atoms with Gasteiger partial charge in [-0.2, -0.15) is 0 Å². The molecule has 2 N–H and O–H groups in total. The number of alkyl halides is 1. The molecular weight excluding hydrogens is 183 g/mol. The summed E-state index contributed by atoms with van der Waals surface area (Å²) >= 11 is 0. The highest BCUT2D eigenvalue weighted by atomic mass is 19.1. The van der Waals surface area contributed by atoms with Gasteiger partial charge in [-0.15, -0.1) is 6.58 Å². The second-order valence-corrected chi connectivity index (χ2v) is 2.73. The van der Waals surface area contributed by atoms with Crippen molar-refractivity contribution in [1.29, 1.82) is 0 Å². The Bertz CT molecular complexity index is 287. The van der Waals surface area contributed by atoms with Gasteiger partial charge >= 0.3 is 0 Å². The lowest BCUT2D eigenvalue weighted by molar-refractivity contribution is 0.264. The fraction of sp³-hybridized carbons (Fsp3) is 0.300. The smallest absolute Gasteiger partial charge is 0.213 e. The van der Waals surface area contributed by atoms with Gasteiger partial charge in [-0.1, -0.05) is 12.1 Å². The Morgan fingerprint density at radius 3 is 2.93 bits per heavy atom. The molecule has 0 aliphatic carbocycles. The number of rotatable bonds is 5. The largest absolute Gasteiger partial charge is 0.475 e. The highest BCUT2D eigenvalue weighted by molar-refractivity contribution is 5.22. The molecule has 4 heteroatoms. The zero-order valence-corrected chi connectivity index (χ0v) is 7.82. The van der Waals surface area contributed by atoms with E-state index in [1.165, 1.54) is 0 Å². The summed E-state index contributed by atoms with van der Waals surface area (Å²) in [5.74, 6) is 0.405. The summed E-state index contributed by atoms with van der Waals surface area (Å²) in [5, 5.41) is 0. The van der Waals surface area contributed by atoms with Crippen molar-refractivity contribution in [2.24, 2.45) is 5.73 Å². The van der Waals surface area contributed by atoms with Crippen molar-refractivity contribution in [3.63, 3.8) is 0 Å². The van der Waals surface area contributed by atoms with Gasteiger partial charge < -0.3 is 10.5 Å². The lowest BCUT2D eigenvalue weighted by atomic mass is 10.1. The summed E-state index contributed by atoms with van der Waals surface area (Å²) in [4.78, 5) is 3.97. The van der Waals surface area contributed by atoms with Gasteiger partial charge in [0.15, 0.2) is 0 Å². The van der Waals surface area contributed by atoms with E-state index in [0.29, 0.717) is 5.88 Å². The Kier molecular flexibility index (Phi) is 4.07. The third-order valence-electron chi connectivity index (χ3n) is 1.73. The van der Waals surface area contributed by atoms with Crippen molar-refractivity contribution in [1.82, 2.24) is 4.98 Å². The molecule has 0 fully saturated rings. The van der Waals surface area contributed by atoms with Crippen LogP contribution >= 0.6 is 0 Å². The summed E-state index contributed by atoms with van der Waals surface area (Å²) in [5.41, 5.74) is 6.54. The topological polar surface area (TPSA) is 48.1 Å². The molecule has 0 spiro atoms. The SMILES string of the molecule is C=CC(N)c1ccc(OCCF)nc1. The lowest BCUT2D eigenvalue weighted by Gasteiger charge is -2.07. The number of pyridine rings is 1. The van der Waals surface area contributed by atoms with Crippen LogP contribution in [0.4, 0.5) is 4.39 Å². The van der Waals surface area contributed by atoms with Crippen molar-refractivity contribution < 1.29 is 9.13 Å². The second-order valence-electron chi connectivity index (χ2n) is 2.73. The molecule has 0 radical (unpaired) electrons. The number of ether oxygens (including phenoxy) is 1. The second kappa shape index (κ2) is 5.34. The van der Waals surface area contributed by atoms with Crippen LogP contribution in [0.1, 0.15) is 11.6 Å². The van der Waals surface area contributed by atoms with Crippen molar-refractivity contribution in [2.45, 2.75) is 6.04 Å². The fourth-order valence-corrected chi connectivity index (χ4v) is 0.954. The Morgan fingerprint density at radius 2 is 2.43 bits per heavy atom. The maximum atomic E-state index is 11.8. The third kappa shape index (κ3) is 2.81. The van der Waals surface area contributed by atoms with Gasteiger partial charge in [0.2, 0.25) is 5.88 Å². The van der Waals surface area contributed by atoms with E-state index >= 15 is 0 Å². The molecular formula is C10H13FN2O. The zero-order chi connectivity index (χ0) is 10.4. The van der Waals surface area contributed by atoms with Crippen LogP contribution in [0, 0.1) is 0 Å². The third-order valence-corrected chi connectivity index (χ3v) is 1.73. The Hall–Kier alpha value is -1.42. The molecule has 0 aliphatic rings. The number of nitrogens with zero attached hydrogens (tertiary/aromatic N) is 1. The molecule has 3 nitrogen and oxygen atoms in total. The van der Waals surface area contributed by atoms with Gasteiger partial charge in [0.1, 0.15) is 13.3 Å². The minimum Gasteiger partial charge on any atom is -0.475 e. The Morgan fingerprint density at radius 1 is 1.64 bits per heavy atom.